The lowest BCUT2D eigenvalue weighted by atomic mass is 9.94. The van der Waals surface area contributed by atoms with Crippen molar-refractivity contribution in [2.45, 2.75) is 19.8 Å². The number of Topliss-reactive ketones (excluding diaryl/α,β-unsaturated/α-hetero) is 1. The molecule has 0 unspecified atom stereocenters. The molecule has 2 rings (SSSR count). The van der Waals surface area contributed by atoms with Crippen LogP contribution in [0.15, 0.2) is 18.2 Å². The highest BCUT2D eigenvalue weighted by Gasteiger charge is 2.49. The molecule has 1 N–H and O–H groups in total. The summed E-state index contributed by atoms with van der Waals surface area (Å²) in [7, 11) is 0. The quantitative estimate of drug-likeness (QED) is 0.772. The molecule has 2 nitrogen and oxygen atoms in total. The number of aliphatic hydroxyl groups is 1. The van der Waals surface area contributed by atoms with Gasteiger partial charge in [-0.15, -0.1) is 0 Å². The summed E-state index contributed by atoms with van der Waals surface area (Å²) in [4.78, 5) is 11.9. The number of ketones is 1. The van der Waals surface area contributed by atoms with Gasteiger partial charge in [-0.25, -0.2) is 4.39 Å². The molecule has 1 aliphatic carbocycles. The predicted molar refractivity (Wildman–Crippen MR) is 54.2 cm³/mol. The summed E-state index contributed by atoms with van der Waals surface area (Å²) in [5, 5.41) is 9.12. The van der Waals surface area contributed by atoms with Gasteiger partial charge in [-0.2, -0.15) is 0 Å². The van der Waals surface area contributed by atoms with Gasteiger partial charge in [0.15, 0.2) is 5.78 Å². The van der Waals surface area contributed by atoms with E-state index in [9.17, 15) is 9.18 Å². The van der Waals surface area contributed by atoms with Gasteiger partial charge in [0.2, 0.25) is 0 Å². The van der Waals surface area contributed by atoms with Crippen molar-refractivity contribution in [2.75, 3.05) is 6.61 Å². The van der Waals surface area contributed by atoms with Gasteiger partial charge in [-0.1, -0.05) is 0 Å². The lowest BCUT2D eigenvalue weighted by molar-refractivity contribution is 0.0829. The van der Waals surface area contributed by atoms with Crippen molar-refractivity contribution in [1.29, 1.82) is 0 Å². The highest BCUT2D eigenvalue weighted by molar-refractivity contribution is 6.02. The predicted octanol–water partition coefficient (Wildman–Crippen LogP) is 2.09. The first-order valence-electron chi connectivity index (χ1n) is 5.01. The Labute approximate surface area is 87.7 Å². The summed E-state index contributed by atoms with van der Waals surface area (Å²) in [6, 6.07) is 4.34. The summed E-state index contributed by atoms with van der Waals surface area (Å²) in [5.74, 6) is -0.367. The Hall–Kier alpha value is -1.22. The summed E-state index contributed by atoms with van der Waals surface area (Å²) >= 11 is 0. The van der Waals surface area contributed by atoms with Gasteiger partial charge in [0.25, 0.3) is 0 Å². The molecule has 3 heteroatoms. The highest BCUT2D eigenvalue weighted by Crippen LogP contribution is 2.47. The van der Waals surface area contributed by atoms with Crippen molar-refractivity contribution >= 4 is 5.78 Å². The molecule has 0 atom stereocenters. The normalized spacial score (nSPS) is 17.5. The molecule has 0 aliphatic heterocycles. The Bertz CT molecular complexity index is 408. The molecule has 0 radical (unpaired) electrons. The van der Waals surface area contributed by atoms with Crippen molar-refractivity contribution in [3.05, 3.63) is 35.1 Å². The first kappa shape index (κ1) is 10.3. The molecule has 0 aromatic heterocycles. The Balaban J connectivity index is 2.30. The summed E-state index contributed by atoms with van der Waals surface area (Å²) in [6.45, 7) is 1.52. The van der Waals surface area contributed by atoms with Gasteiger partial charge in [-0.3, -0.25) is 4.79 Å². The first-order valence-corrected chi connectivity index (χ1v) is 5.01. The minimum Gasteiger partial charge on any atom is -0.395 e. The lowest BCUT2D eigenvalue weighted by Gasteiger charge is -2.10. The fourth-order valence-corrected chi connectivity index (χ4v) is 1.70. The molecule has 15 heavy (non-hydrogen) atoms. The van der Waals surface area contributed by atoms with Crippen LogP contribution in [0.4, 0.5) is 4.39 Å². The Morgan fingerprint density at radius 3 is 2.67 bits per heavy atom. The third-order valence-electron chi connectivity index (χ3n) is 3.06. The van der Waals surface area contributed by atoms with E-state index in [0.717, 1.165) is 12.8 Å². The Morgan fingerprint density at radius 1 is 1.53 bits per heavy atom. The smallest absolute Gasteiger partial charge is 0.171 e. The number of halogens is 1. The van der Waals surface area contributed by atoms with E-state index in [1.165, 1.54) is 12.1 Å². The van der Waals surface area contributed by atoms with Crippen LogP contribution in [0.2, 0.25) is 0 Å². The van der Waals surface area contributed by atoms with Gasteiger partial charge < -0.3 is 5.11 Å². The zero-order valence-corrected chi connectivity index (χ0v) is 8.59. The fourth-order valence-electron chi connectivity index (χ4n) is 1.70. The Morgan fingerprint density at radius 2 is 2.20 bits per heavy atom. The third-order valence-corrected chi connectivity index (χ3v) is 3.06. The van der Waals surface area contributed by atoms with Gasteiger partial charge in [0.05, 0.1) is 12.0 Å². The Kier molecular flexibility index (Phi) is 2.35. The first-order chi connectivity index (χ1) is 7.09. The molecule has 0 heterocycles. The van der Waals surface area contributed by atoms with Crippen LogP contribution in [0.3, 0.4) is 0 Å². The topological polar surface area (TPSA) is 37.3 Å². The molecular weight excluding hydrogens is 195 g/mol. The van der Waals surface area contributed by atoms with Crippen molar-refractivity contribution in [3.63, 3.8) is 0 Å². The third kappa shape index (κ3) is 1.67. The largest absolute Gasteiger partial charge is 0.395 e. The number of carbonyl (C=O) groups is 1. The van der Waals surface area contributed by atoms with Crippen LogP contribution < -0.4 is 0 Å². The van der Waals surface area contributed by atoms with E-state index >= 15 is 0 Å². The van der Waals surface area contributed by atoms with Crippen LogP contribution in [0.5, 0.6) is 0 Å². The zero-order valence-electron chi connectivity index (χ0n) is 8.59. The van der Waals surface area contributed by atoms with Crippen molar-refractivity contribution in [2.24, 2.45) is 5.41 Å². The number of aliphatic hydroxyl groups excluding tert-OH is 1. The maximum atomic E-state index is 13.0. The highest BCUT2D eigenvalue weighted by atomic mass is 19.1. The van der Waals surface area contributed by atoms with Gasteiger partial charge in [0.1, 0.15) is 5.82 Å². The molecular formula is C12H13FO2. The number of rotatable bonds is 3. The zero-order chi connectivity index (χ0) is 11.1. The van der Waals surface area contributed by atoms with Gasteiger partial charge >= 0.3 is 0 Å². The van der Waals surface area contributed by atoms with Crippen LogP contribution in [-0.4, -0.2) is 17.5 Å². The molecule has 1 aliphatic rings. The van der Waals surface area contributed by atoms with Gasteiger partial charge in [0, 0.05) is 5.56 Å². The molecule has 1 saturated carbocycles. The average molecular weight is 208 g/mol. The number of hydrogen-bond donors (Lipinski definition) is 1. The van der Waals surface area contributed by atoms with E-state index in [2.05, 4.69) is 0 Å². The number of benzene rings is 1. The van der Waals surface area contributed by atoms with E-state index < -0.39 is 5.41 Å². The number of carbonyl (C=O) groups excluding carboxylic acids is 1. The number of aryl methyl sites for hydroxylation is 1. The average Bonchev–Trinajstić information content (AvgIpc) is 3.02. The summed E-state index contributed by atoms with van der Waals surface area (Å²) < 4.78 is 13.0. The van der Waals surface area contributed by atoms with Crippen LogP contribution in [0.1, 0.15) is 28.8 Å². The number of hydrogen-bond acceptors (Lipinski definition) is 2. The monoisotopic (exact) mass is 208 g/mol. The van der Waals surface area contributed by atoms with E-state index in [-0.39, 0.29) is 18.2 Å². The molecule has 0 bridgehead atoms. The summed E-state index contributed by atoms with van der Waals surface area (Å²) in [5.41, 5.74) is 0.402. The van der Waals surface area contributed by atoms with Gasteiger partial charge in [-0.05, 0) is 43.5 Å². The van der Waals surface area contributed by atoms with E-state index in [1.807, 2.05) is 0 Å². The summed E-state index contributed by atoms with van der Waals surface area (Å²) in [6.07, 6.45) is 1.47. The second-order valence-corrected chi connectivity index (χ2v) is 4.23. The lowest BCUT2D eigenvalue weighted by Crippen LogP contribution is -2.20. The standard InChI is InChI=1S/C12H13FO2/c1-8-6-9(2-3-10(8)13)11(15)12(7-14)4-5-12/h2-3,6,14H,4-5,7H2,1H3. The minimum absolute atomic E-state index is 0.0619. The minimum atomic E-state index is -0.565. The molecule has 0 saturated heterocycles. The maximum Gasteiger partial charge on any atom is 0.171 e. The molecule has 1 aromatic carbocycles. The second kappa shape index (κ2) is 3.42. The van der Waals surface area contributed by atoms with Crippen molar-refractivity contribution in [3.8, 4) is 0 Å². The van der Waals surface area contributed by atoms with E-state index in [0.29, 0.717) is 11.1 Å². The molecule has 0 spiro atoms. The molecule has 1 fully saturated rings. The van der Waals surface area contributed by atoms with Crippen molar-refractivity contribution in [1.82, 2.24) is 0 Å². The molecule has 80 valence electrons. The van der Waals surface area contributed by atoms with Crippen LogP contribution in [0.25, 0.3) is 0 Å². The van der Waals surface area contributed by atoms with E-state index in [4.69, 9.17) is 5.11 Å². The molecule has 0 amide bonds. The fraction of sp³-hybridized carbons (Fsp3) is 0.417. The maximum absolute atomic E-state index is 13.0. The van der Waals surface area contributed by atoms with E-state index in [1.54, 1.807) is 13.0 Å². The van der Waals surface area contributed by atoms with Crippen LogP contribution in [-0.2, 0) is 0 Å². The van der Waals surface area contributed by atoms with Crippen LogP contribution >= 0.6 is 0 Å². The molecule has 1 aromatic rings. The van der Waals surface area contributed by atoms with Crippen molar-refractivity contribution < 1.29 is 14.3 Å². The van der Waals surface area contributed by atoms with Crippen LogP contribution in [0, 0.1) is 18.2 Å². The SMILES string of the molecule is Cc1cc(C(=O)C2(CO)CC2)ccc1F. The second-order valence-electron chi connectivity index (χ2n) is 4.23.